The van der Waals surface area contributed by atoms with Crippen LogP contribution in [-0.2, 0) is 4.74 Å². The van der Waals surface area contributed by atoms with Gasteiger partial charge in [0.05, 0.1) is 24.1 Å². The molecule has 0 saturated carbocycles. The largest absolute Gasteiger partial charge is 0.464 e. The minimum absolute atomic E-state index is 0.0261. The monoisotopic (exact) mass is 457 g/mol. The Labute approximate surface area is 195 Å². The standard InChI is InChI=1S/C25H23N5O4/c1-2-33-24(32)18-13-27-25(28-14-18)30-11-8-19(15-30)29-23(31)17-5-3-16(4-6-17)22-20-9-12-34-21(20)7-10-26-22/h3-7,9-10,12-14,19H,2,8,11,15H2,1H3,(H,29,31)/t19-/m0/s1. The lowest BCUT2D eigenvalue weighted by Gasteiger charge is -2.17. The number of rotatable bonds is 6. The molecule has 34 heavy (non-hydrogen) atoms. The molecular weight excluding hydrogens is 434 g/mol. The highest BCUT2D eigenvalue weighted by Gasteiger charge is 2.26. The molecule has 1 aliphatic heterocycles. The number of hydrogen-bond donors (Lipinski definition) is 1. The maximum Gasteiger partial charge on any atom is 0.341 e. The number of ether oxygens (including phenoxy) is 1. The van der Waals surface area contributed by atoms with Gasteiger partial charge >= 0.3 is 5.97 Å². The number of hydrogen-bond acceptors (Lipinski definition) is 8. The number of nitrogens with zero attached hydrogens (tertiary/aromatic N) is 4. The molecule has 1 fully saturated rings. The molecule has 1 saturated heterocycles. The zero-order chi connectivity index (χ0) is 23.5. The molecule has 4 aromatic rings. The number of amides is 1. The van der Waals surface area contributed by atoms with Crippen LogP contribution in [0.4, 0.5) is 5.95 Å². The van der Waals surface area contributed by atoms with Crippen LogP contribution in [0.5, 0.6) is 0 Å². The molecule has 1 atom stereocenters. The van der Waals surface area contributed by atoms with Gasteiger partial charge in [-0.2, -0.15) is 0 Å². The second-order valence-corrected chi connectivity index (χ2v) is 7.97. The maximum atomic E-state index is 12.8. The average Bonchev–Trinajstić information content (AvgIpc) is 3.54. The number of furan rings is 1. The molecule has 1 amide bonds. The van der Waals surface area contributed by atoms with Crippen molar-refractivity contribution in [1.29, 1.82) is 0 Å². The molecule has 1 N–H and O–H groups in total. The SMILES string of the molecule is CCOC(=O)c1cnc(N2CC[C@H](NC(=O)c3ccc(-c4nccc5occc45)cc3)C2)nc1. The van der Waals surface area contributed by atoms with Gasteiger partial charge in [0.25, 0.3) is 5.91 Å². The fourth-order valence-electron chi connectivity index (χ4n) is 4.04. The minimum Gasteiger partial charge on any atom is -0.464 e. The van der Waals surface area contributed by atoms with Gasteiger partial charge in [0, 0.05) is 54.2 Å². The van der Waals surface area contributed by atoms with Gasteiger partial charge in [-0.15, -0.1) is 0 Å². The zero-order valence-electron chi connectivity index (χ0n) is 18.6. The summed E-state index contributed by atoms with van der Waals surface area (Å²) in [7, 11) is 0. The molecule has 172 valence electrons. The van der Waals surface area contributed by atoms with E-state index in [0.29, 0.717) is 36.8 Å². The summed E-state index contributed by atoms with van der Waals surface area (Å²) >= 11 is 0. The number of nitrogens with one attached hydrogen (secondary N) is 1. The lowest BCUT2D eigenvalue weighted by molar-refractivity contribution is 0.0525. The smallest absolute Gasteiger partial charge is 0.341 e. The van der Waals surface area contributed by atoms with Gasteiger partial charge in [0.1, 0.15) is 5.58 Å². The van der Waals surface area contributed by atoms with E-state index in [-0.39, 0.29) is 11.9 Å². The molecule has 3 aromatic heterocycles. The number of fused-ring (bicyclic) bond motifs is 1. The van der Waals surface area contributed by atoms with Crippen LogP contribution in [0.25, 0.3) is 22.2 Å². The fraction of sp³-hybridized carbons (Fsp3) is 0.240. The van der Waals surface area contributed by atoms with Crippen LogP contribution in [0.15, 0.2) is 65.7 Å². The van der Waals surface area contributed by atoms with Crippen LogP contribution < -0.4 is 10.2 Å². The Morgan fingerprint density at radius 3 is 2.65 bits per heavy atom. The normalized spacial score (nSPS) is 15.4. The van der Waals surface area contributed by atoms with E-state index in [2.05, 4.69) is 20.3 Å². The molecular formula is C25H23N5O4. The second-order valence-electron chi connectivity index (χ2n) is 7.97. The predicted octanol–water partition coefficient (Wildman–Crippen LogP) is 3.47. The van der Waals surface area contributed by atoms with Crippen molar-refractivity contribution in [3.8, 4) is 11.3 Å². The summed E-state index contributed by atoms with van der Waals surface area (Å²) in [5.41, 5.74) is 3.41. The molecule has 9 nitrogen and oxygen atoms in total. The number of aromatic nitrogens is 3. The topological polar surface area (TPSA) is 110 Å². The summed E-state index contributed by atoms with van der Waals surface area (Å²) in [6.45, 7) is 3.35. The number of anilines is 1. The summed E-state index contributed by atoms with van der Waals surface area (Å²) in [5, 5.41) is 4.02. The lowest BCUT2D eigenvalue weighted by Crippen LogP contribution is -2.37. The van der Waals surface area contributed by atoms with Gasteiger partial charge in [-0.3, -0.25) is 9.78 Å². The summed E-state index contributed by atoms with van der Waals surface area (Å²) in [4.78, 5) is 39.6. The first-order chi connectivity index (χ1) is 16.6. The third kappa shape index (κ3) is 4.32. The van der Waals surface area contributed by atoms with Crippen molar-refractivity contribution in [2.24, 2.45) is 0 Å². The van der Waals surface area contributed by atoms with E-state index in [4.69, 9.17) is 9.15 Å². The van der Waals surface area contributed by atoms with Crippen molar-refractivity contribution in [3.05, 3.63) is 72.4 Å². The van der Waals surface area contributed by atoms with E-state index in [1.54, 1.807) is 31.5 Å². The minimum atomic E-state index is -0.441. The average molecular weight is 457 g/mol. The first-order valence-electron chi connectivity index (χ1n) is 11.1. The molecule has 1 aromatic carbocycles. The highest BCUT2D eigenvalue weighted by atomic mass is 16.5. The van der Waals surface area contributed by atoms with Gasteiger partial charge in [-0.1, -0.05) is 12.1 Å². The van der Waals surface area contributed by atoms with Crippen molar-refractivity contribution < 1.29 is 18.7 Å². The molecule has 0 bridgehead atoms. The molecule has 0 unspecified atom stereocenters. The van der Waals surface area contributed by atoms with Gasteiger partial charge in [0.15, 0.2) is 0 Å². The number of esters is 1. The summed E-state index contributed by atoms with van der Waals surface area (Å²) in [5.74, 6) is -0.0506. The van der Waals surface area contributed by atoms with Crippen molar-refractivity contribution in [3.63, 3.8) is 0 Å². The number of carbonyl (C=O) groups is 2. The van der Waals surface area contributed by atoms with Crippen molar-refractivity contribution in [1.82, 2.24) is 20.3 Å². The number of pyridine rings is 1. The summed E-state index contributed by atoms with van der Waals surface area (Å²) in [6.07, 6.45) is 7.06. The Hall–Kier alpha value is -4.27. The molecule has 0 radical (unpaired) electrons. The van der Waals surface area contributed by atoms with E-state index in [0.717, 1.165) is 28.6 Å². The Morgan fingerprint density at radius 2 is 1.88 bits per heavy atom. The van der Waals surface area contributed by atoms with Crippen LogP contribution in [0.1, 0.15) is 34.1 Å². The van der Waals surface area contributed by atoms with Gasteiger partial charge in [-0.25, -0.2) is 14.8 Å². The maximum absolute atomic E-state index is 12.8. The van der Waals surface area contributed by atoms with E-state index in [9.17, 15) is 9.59 Å². The first kappa shape index (κ1) is 21.6. The van der Waals surface area contributed by atoms with E-state index >= 15 is 0 Å². The van der Waals surface area contributed by atoms with Crippen LogP contribution in [0.3, 0.4) is 0 Å². The molecule has 1 aliphatic rings. The predicted molar refractivity (Wildman–Crippen MR) is 126 cm³/mol. The van der Waals surface area contributed by atoms with Crippen LogP contribution >= 0.6 is 0 Å². The van der Waals surface area contributed by atoms with Crippen LogP contribution in [0.2, 0.25) is 0 Å². The fourth-order valence-corrected chi connectivity index (χ4v) is 4.04. The Balaban J connectivity index is 1.21. The summed E-state index contributed by atoms with van der Waals surface area (Å²) < 4.78 is 10.4. The van der Waals surface area contributed by atoms with E-state index in [1.165, 1.54) is 12.4 Å². The third-order valence-electron chi connectivity index (χ3n) is 5.76. The highest BCUT2D eigenvalue weighted by Crippen LogP contribution is 2.27. The zero-order valence-corrected chi connectivity index (χ0v) is 18.6. The van der Waals surface area contributed by atoms with Gasteiger partial charge in [-0.05, 0) is 37.6 Å². The van der Waals surface area contributed by atoms with Crippen LogP contribution in [-0.4, -0.2) is 52.6 Å². The molecule has 4 heterocycles. The van der Waals surface area contributed by atoms with Gasteiger partial charge < -0.3 is 19.4 Å². The number of carbonyl (C=O) groups excluding carboxylic acids is 2. The van der Waals surface area contributed by atoms with E-state index in [1.807, 2.05) is 29.2 Å². The molecule has 0 spiro atoms. The highest BCUT2D eigenvalue weighted by molar-refractivity contribution is 5.96. The molecule has 5 rings (SSSR count). The second kappa shape index (κ2) is 9.30. The molecule has 9 heteroatoms. The number of benzene rings is 1. The Kier molecular flexibility index (Phi) is 5.90. The Morgan fingerprint density at radius 1 is 1.09 bits per heavy atom. The Bertz CT molecular complexity index is 1320. The van der Waals surface area contributed by atoms with Gasteiger partial charge in [0.2, 0.25) is 5.95 Å². The molecule has 0 aliphatic carbocycles. The summed E-state index contributed by atoms with van der Waals surface area (Å²) in [6, 6.07) is 11.1. The van der Waals surface area contributed by atoms with Crippen molar-refractivity contribution in [2.75, 3.05) is 24.6 Å². The lowest BCUT2D eigenvalue weighted by atomic mass is 10.1. The third-order valence-corrected chi connectivity index (χ3v) is 5.76. The van der Waals surface area contributed by atoms with E-state index < -0.39 is 5.97 Å². The quantitative estimate of drug-likeness (QED) is 0.438. The van der Waals surface area contributed by atoms with Crippen molar-refractivity contribution >= 4 is 28.8 Å². The van der Waals surface area contributed by atoms with Crippen LogP contribution in [0, 0.1) is 0 Å². The first-order valence-corrected chi connectivity index (χ1v) is 11.1. The van der Waals surface area contributed by atoms with Crippen molar-refractivity contribution in [2.45, 2.75) is 19.4 Å².